The Bertz CT molecular complexity index is 427. The first kappa shape index (κ1) is 12.2. The van der Waals surface area contributed by atoms with Crippen LogP contribution < -0.4 is 4.74 Å². The van der Waals surface area contributed by atoms with Gasteiger partial charge in [0, 0.05) is 16.5 Å². The first-order chi connectivity index (χ1) is 8.13. The van der Waals surface area contributed by atoms with Gasteiger partial charge in [-0.25, -0.2) is 0 Å². The SMILES string of the molecule is COc1cccc(Cl)c1C(CC(=O)O)C1CC1. The molecule has 1 N–H and O–H groups in total. The van der Waals surface area contributed by atoms with E-state index in [9.17, 15) is 4.79 Å². The third kappa shape index (κ3) is 2.72. The van der Waals surface area contributed by atoms with Crippen LogP contribution in [-0.4, -0.2) is 18.2 Å². The van der Waals surface area contributed by atoms with Crippen molar-refractivity contribution in [1.82, 2.24) is 0 Å². The highest BCUT2D eigenvalue weighted by atomic mass is 35.5. The molecule has 0 aromatic heterocycles. The Morgan fingerprint density at radius 2 is 2.29 bits per heavy atom. The fourth-order valence-corrected chi connectivity index (χ4v) is 2.55. The van der Waals surface area contributed by atoms with E-state index in [0.717, 1.165) is 18.4 Å². The van der Waals surface area contributed by atoms with Crippen molar-refractivity contribution < 1.29 is 14.6 Å². The molecule has 0 saturated heterocycles. The zero-order chi connectivity index (χ0) is 12.4. The van der Waals surface area contributed by atoms with Gasteiger partial charge in [-0.3, -0.25) is 4.79 Å². The summed E-state index contributed by atoms with van der Waals surface area (Å²) in [4.78, 5) is 10.9. The molecule has 4 heteroatoms. The molecule has 1 aromatic rings. The van der Waals surface area contributed by atoms with Crippen molar-refractivity contribution in [1.29, 1.82) is 0 Å². The van der Waals surface area contributed by atoms with Crippen molar-refractivity contribution in [2.75, 3.05) is 7.11 Å². The number of hydrogen-bond acceptors (Lipinski definition) is 2. The van der Waals surface area contributed by atoms with Gasteiger partial charge in [0.15, 0.2) is 0 Å². The van der Waals surface area contributed by atoms with Gasteiger partial charge in [0.2, 0.25) is 0 Å². The van der Waals surface area contributed by atoms with Crippen LogP contribution in [0, 0.1) is 5.92 Å². The maximum Gasteiger partial charge on any atom is 0.303 e. The number of carbonyl (C=O) groups is 1. The van der Waals surface area contributed by atoms with Crippen LogP contribution >= 0.6 is 11.6 Å². The van der Waals surface area contributed by atoms with Gasteiger partial charge in [-0.15, -0.1) is 0 Å². The van der Waals surface area contributed by atoms with Crippen LogP contribution in [0.1, 0.15) is 30.7 Å². The van der Waals surface area contributed by atoms with Crippen LogP contribution in [0.25, 0.3) is 0 Å². The number of aliphatic carboxylic acids is 1. The van der Waals surface area contributed by atoms with Crippen molar-refractivity contribution in [2.24, 2.45) is 5.92 Å². The van der Waals surface area contributed by atoms with Crippen LogP contribution in [0.15, 0.2) is 18.2 Å². The molecule has 0 amide bonds. The summed E-state index contributed by atoms with van der Waals surface area (Å²) in [5.74, 6) is 0.301. The molecule has 2 rings (SSSR count). The zero-order valence-corrected chi connectivity index (χ0v) is 10.4. The van der Waals surface area contributed by atoms with Gasteiger partial charge >= 0.3 is 5.97 Å². The monoisotopic (exact) mass is 254 g/mol. The van der Waals surface area contributed by atoms with Crippen LogP contribution in [0.4, 0.5) is 0 Å². The number of benzene rings is 1. The fraction of sp³-hybridized carbons (Fsp3) is 0.462. The topological polar surface area (TPSA) is 46.5 Å². The van der Waals surface area contributed by atoms with E-state index < -0.39 is 5.97 Å². The van der Waals surface area contributed by atoms with Crippen molar-refractivity contribution in [3.05, 3.63) is 28.8 Å². The van der Waals surface area contributed by atoms with Crippen LogP contribution in [-0.2, 0) is 4.79 Å². The summed E-state index contributed by atoms with van der Waals surface area (Å²) in [5, 5.41) is 9.59. The van der Waals surface area contributed by atoms with Crippen LogP contribution in [0.5, 0.6) is 5.75 Å². The quantitative estimate of drug-likeness (QED) is 0.877. The summed E-state index contributed by atoms with van der Waals surface area (Å²) in [5.41, 5.74) is 0.849. The van der Waals surface area contributed by atoms with Crippen LogP contribution in [0.3, 0.4) is 0 Å². The molecular formula is C13H15ClO3. The minimum Gasteiger partial charge on any atom is -0.496 e. The number of hydrogen-bond donors (Lipinski definition) is 1. The van der Waals surface area contributed by atoms with E-state index in [0.29, 0.717) is 16.7 Å². The normalized spacial score (nSPS) is 16.6. The van der Waals surface area contributed by atoms with E-state index in [4.69, 9.17) is 21.4 Å². The largest absolute Gasteiger partial charge is 0.496 e. The third-order valence-corrected chi connectivity index (χ3v) is 3.52. The lowest BCUT2D eigenvalue weighted by atomic mass is 9.90. The molecule has 1 saturated carbocycles. The number of carboxylic acids is 1. The molecule has 92 valence electrons. The molecule has 0 bridgehead atoms. The number of ether oxygens (including phenoxy) is 1. The first-order valence-electron chi connectivity index (χ1n) is 5.67. The summed E-state index contributed by atoms with van der Waals surface area (Å²) >= 11 is 6.19. The molecule has 1 atom stereocenters. The molecule has 0 aliphatic heterocycles. The van der Waals surface area contributed by atoms with Gasteiger partial charge in [-0.05, 0) is 30.9 Å². The summed E-state index contributed by atoms with van der Waals surface area (Å²) in [6, 6.07) is 5.43. The molecule has 1 aromatic carbocycles. The van der Waals surface area contributed by atoms with Gasteiger partial charge < -0.3 is 9.84 Å². The number of rotatable bonds is 5. The molecular weight excluding hydrogens is 240 g/mol. The Hall–Kier alpha value is -1.22. The summed E-state index contributed by atoms with van der Waals surface area (Å²) in [6.07, 6.45) is 2.27. The lowest BCUT2D eigenvalue weighted by molar-refractivity contribution is -0.137. The predicted molar refractivity (Wildman–Crippen MR) is 65.7 cm³/mol. The lowest BCUT2D eigenvalue weighted by Gasteiger charge is -2.19. The van der Waals surface area contributed by atoms with Crippen molar-refractivity contribution in [3.8, 4) is 5.75 Å². The maximum atomic E-state index is 10.9. The minimum atomic E-state index is -0.788. The Morgan fingerprint density at radius 1 is 1.59 bits per heavy atom. The average molecular weight is 255 g/mol. The van der Waals surface area contributed by atoms with E-state index in [1.165, 1.54) is 0 Å². The highest BCUT2D eigenvalue weighted by molar-refractivity contribution is 6.31. The van der Waals surface area contributed by atoms with E-state index in [1.807, 2.05) is 12.1 Å². The smallest absolute Gasteiger partial charge is 0.303 e. The molecule has 0 spiro atoms. The van der Waals surface area contributed by atoms with Crippen LogP contribution in [0.2, 0.25) is 5.02 Å². The standard InChI is InChI=1S/C13H15ClO3/c1-17-11-4-2-3-10(14)13(11)9(7-12(15)16)8-5-6-8/h2-4,8-9H,5-7H2,1H3,(H,15,16). The minimum absolute atomic E-state index is 0.0313. The number of halogens is 1. The summed E-state index contributed by atoms with van der Waals surface area (Å²) in [7, 11) is 1.58. The van der Waals surface area contributed by atoms with E-state index in [2.05, 4.69) is 0 Å². The molecule has 1 aliphatic rings. The zero-order valence-electron chi connectivity index (χ0n) is 9.65. The third-order valence-electron chi connectivity index (χ3n) is 3.19. The molecule has 0 radical (unpaired) electrons. The highest BCUT2D eigenvalue weighted by Gasteiger charge is 2.36. The van der Waals surface area contributed by atoms with Gasteiger partial charge in [0.25, 0.3) is 0 Å². The summed E-state index contributed by atoms with van der Waals surface area (Å²) < 4.78 is 5.29. The maximum absolute atomic E-state index is 10.9. The molecule has 3 nitrogen and oxygen atoms in total. The molecule has 1 aliphatic carbocycles. The average Bonchev–Trinajstić information content (AvgIpc) is 3.09. The van der Waals surface area contributed by atoms with Gasteiger partial charge in [0.1, 0.15) is 5.75 Å². The van der Waals surface area contributed by atoms with E-state index >= 15 is 0 Å². The molecule has 1 unspecified atom stereocenters. The second-order valence-corrected chi connectivity index (χ2v) is 4.80. The first-order valence-corrected chi connectivity index (χ1v) is 6.05. The number of carboxylic acid groups (broad SMARTS) is 1. The van der Waals surface area contributed by atoms with Gasteiger partial charge in [-0.2, -0.15) is 0 Å². The van der Waals surface area contributed by atoms with Gasteiger partial charge in [-0.1, -0.05) is 17.7 Å². The van der Waals surface area contributed by atoms with Crippen molar-refractivity contribution >= 4 is 17.6 Å². The Labute approximate surface area is 105 Å². The van der Waals surface area contributed by atoms with Gasteiger partial charge in [0.05, 0.1) is 13.5 Å². The Balaban J connectivity index is 2.37. The second-order valence-electron chi connectivity index (χ2n) is 4.40. The predicted octanol–water partition coefficient (Wildman–Crippen LogP) is 3.32. The Morgan fingerprint density at radius 3 is 2.82 bits per heavy atom. The molecule has 17 heavy (non-hydrogen) atoms. The Kier molecular flexibility index (Phi) is 3.57. The number of methoxy groups -OCH3 is 1. The second kappa shape index (κ2) is 4.96. The highest BCUT2D eigenvalue weighted by Crippen LogP contribution is 2.49. The molecule has 0 heterocycles. The van der Waals surface area contributed by atoms with Crippen molar-refractivity contribution in [2.45, 2.75) is 25.2 Å². The van der Waals surface area contributed by atoms with Crippen molar-refractivity contribution in [3.63, 3.8) is 0 Å². The van der Waals surface area contributed by atoms with E-state index in [-0.39, 0.29) is 12.3 Å². The van der Waals surface area contributed by atoms with E-state index in [1.54, 1.807) is 13.2 Å². The lowest BCUT2D eigenvalue weighted by Crippen LogP contribution is -2.10. The molecule has 1 fully saturated rings. The summed E-state index contributed by atoms with van der Waals surface area (Å²) in [6.45, 7) is 0. The fourth-order valence-electron chi connectivity index (χ4n) is 2.25.